The van der Waals surface area contributed by atoms with E-state index in [1.807, 2.05) is 43.1 Å². The number of rotatable bonds is 5. The third-order valence-electron chi connectivity index (χ3n) is 5.47. The van der Waals surface area contributed by atoms with Gasteiger partial charge in [0.05, 0.1) is 23.6 Å². The molecule has 0 saturated carbocycles. The fourth-order valence-corrected chi connectivity index (χ4v) is 3.99. The van der Waals surface area contributed by atoms with E-state index in [0.717, 1.165) is 41.3 Å². The first-order chi connectivity index (χ1) is 14.9. The number of fused-ring (bicyclic) bond motifs is 5. The predicted octanol–water partition coefficient (Wildman–Crippen LogP) is 4.03. The second kappa shape index (κ2) is 7.62. The first kappa shape index (κ1) is 20.0. The lowest BCUT2D eigenvalue weighted by Gasteiger charge is -2.11. The number of hydrogen-bond donors (Lipinski definition) is 0. The summed E-state index contributed by atoms with van der Waals surface area (Å²) in [5.74, 6) is 1.30. The molecule has 0 fully saturated rings. The Morgan fingerprint density at radius 1 is 1.23 bits per heavy atom. The minimum Gasteiger partial charge on any atom is -0.332 e. The second-order valence-corrected chi connectivity index (χ2v) is 8.87. The van der Waals surface area contributed by atoms with E-state index in [-0.39, 0.29) is 5.92 Å². The summed E-state index contributed by atoms with van der Waals surface area (Å²) < 4.78 is 9.64. The largest absolute Gasteiger partial charge is 0.332 e. The van der Waals surface area contributed by atoms with Crippen molar-refractivity contribution in [3.8, 4) is 28.5 Å². The summed E-state index contributed by atoms with van der Waals surface area (Å²) in [6.45, 7) is 5.79. The quantitative estimate of drug-likeness (QED) is 0.413. The molecule has 0 unspecified atom stereocenters. The molecule has 0 N–H and O–H groups in total. The molecule has 31 heavy (non-hydrogen) atoms. The minimum atomic E-state index is 0.183. The molecule has 9 heteroatoms. The van der Waals surface area contributed by atoms with Crippen molar-refractivity contribution in [2.75, 3.05) is 20.6 Å². The van der Waals surface area contributed by atoms with Crippen LogP contribution in [0.15, 0.2) is 35.2 Å². The molecule has 0 amide bonds. The third kappa shape index (κ3) is 3.55. The Morgan fingerprint density at radius 2 is 2.06 bits per heavy atom. The molecule has 0 bridgehead atoms. The van der Waals surface area contributed by atoms with Crippen LogP contribution in [-0.2, 0) is 13.0 Å². The van der Waals surface area contributed by atoms with Crippen LogP contribution in [-0.4, -0.2) is 55.0 Å². The zero-order chi connectivity index (χ0) is 21.7. The molecule has 4 aromatic rings. The highest BCUT2D eigenvalue weighted by Crippen LogP contribution is 2.38. The summed E-state index contributed by atoms with van der Waals surface area (Å²) in [6, 6.07) is 5.87. The van der Waals surface area contributed by atoms with Gasteiger partial charge in [-0.2, -0.15) is 10.1 Å². The molecule has 0 radical (unpaired) electrons. The molecule has 1 aliphatic heterocycles. The van der Waals surface area contributed by atoms with Crippen molar-refractivity contribution in [1.82, 2.24) is 34.4 Å². The number of hydrogen-bond acceptors (Lipinski definition) is 6. The Morgan fingerprint density at radius 3 is 2.81 bits per heavy atom. The van der Waals surface area contributed by atoms with Crippen LogP contribution in [0.1, 0.15) is 36.8 Å². The lowest BCUT2D eigenvalue weighted by Crippen LogP contribution is -2.18. The summed E-state index contributed by atoms with van der Waals surface area (Å²) in [5.41, 5.74) is 5.73. The van der Waals surface area contributed by atoms with Crippen molar-refractivity contribution in [2.45, 2.75) is 32.7 Å². The van der Waals surface area contributed by atoms with Gasteiger partial charge in [0.1, 0.15) is 6.33 Å². The van der Waals surface area contributed by atoms with Gasteiger partial charge in [0.15, 0.2) is 11.5 Å². The zero-order valence-corrected chi connectivity index (χ0v) is 18.8. The van der Waals surface area contributed by atoms with Crippen molar-refractivity contribution in [3.63, 3.8) is 0 Å². The molecule has 0 atom stereocenters. The van der Waals surface area contributed by atoms with Crippen LogP contribution in [0.2, 0.25) is 5.02 Å². The number of aromatic nitrogens is 6. The molecule has 0 saturated heterocycles. The van der Waals surface area contributed by atoms with E-state index in [2.05, 4.69) is 44.9 Å². The van der Waals surface area contributed by atoms with Crippen molar-refractivity contribution in [3.05, 3.63) is 52.8 Å². The topological polar surface area (TPSA) is 77.8 Å². The van der Waals surface area contributed by atoms with Gasteiger partial charge in [-0.1, -0.05) is 30.6 Å². The maximum Gasteiger partial charge on any atom is 0.278 e. The number of benzene rings is 1. The monoisotopic (exact) mass is 437 g/mol. The molecule has 0 aliphatic carbocycles. The fourth-order valence-electron chi connectivity index (χ4n) is 3.82. The maximum atomic E-state index is 6.37. The van der Waals surface area contributed by atoms with E-state index in [1.54, 1.807) is 0 Å². The van der Waals surface area contributed by atoms with E-state index >= 15 is 0 Å². The van der Waals surface area contributed by atoms with E-state index < -0.39 is 0 Å². The Hall–Kier alpha value is -2.97. The highest BCUT2D eigenvalue weighted by molar-refractivity contribution is 6.31. The number of likely N-dealkylation sites (N-methyl/N-ethyl adjacent to an activating group) is 1. The summed E-state index contributed by atoms with van der Waals surface area (Å²) in [4.78, 5) is 11.4. The van der Waals surface area contributed by atoms with Gasteiger partial charge in [0.2, 0.25) is 0 Å². The summed E-state index contributed by atoms with van der Waals surface area (Å²) in [5, 5.41) is 9.69. The van der Waals surface area contributed by atoms with Gasteiger partial charge in [-0.25, -0.2) is 4.98 Å². The van der Waals surface area contributed by atoms with Crippen molar-refractivity contribution < 1.29 is 4.52 Å². The highest BCUT2D eigenvalue weighted by atomic mass is 35.5. The molecule has 1 aromatic carbocycles. The van der Waals surface area contributed by atoms with Crippen molar-refractivity contribution in [2.24, 2.45) is 0 Å². The number of imidazole rings is 1. The average molecular weight is 438 g/mol. The molecule has 1 aliphatic rings. The van der Waals surface area contributed by atoms with Gasteiger partial charge >= 0.3 is 0 Å². The summed E-state index contributed by atoms with van der Waals surface area (Å²) in [6.07, 6.45) is 4.57. The standard InChI is InChI=1S/C22H24ClN7O/c1-13(2)21-25-22(31-27-21)20-18-9-14-11-29(8-7-28(3)4)26-19(14)16-10-15(23)5-6-17(16)30(18)12-24-20/h5-6,10-13H,7-9H2,1-4H3. The maximum absolute atomic E-state index is 6.37. The van der Waals surface area contributed by atoms with Crippen LogP contribution in [0.3, 0.4) is 0 Å². The lowest BCUT2D eigenvalue weighted by molar-refractivity contribution is 0.373. The van der Waals surface area contributed by atoms with Crippen LogP contribution in [0.25, 0.3) is 28.5 Å². The number of halogens is 1. The zero-order valence-electron chi connectivity index (χ0n) is 18.0. The molecule has 160 valence electrons. The van der Waals surface area contributed by atoms with Crippen molar-refractivity contribution in [1.29, 1.82) is 0 Å². The van der Waals surface area contributed by atoms with E-state index in [1.165, 1.54) is 0 Å². The van der Waals surface area contributed by atoms with Crippen molar-refractivity contribution >= 4 is 11.6 Å². The van der Waals surface area contributed by atoms with Gasteiger partial charge in [-0.05, 0) is 32.3 Å². The normalized spacial score (nSPS) is 12.7. The Labute approximate surface area is 185 Å². The molecule has 4 heterocycles. The van der Waals surface area contributed by atoms with Gasteiger partial charge < -0.3 is 14.0 Å². The third-order valence-corrected chi connectivity index (χ3v) is 5.71. The number of nitrogens with zero attached hydrogens (tertiary/aromatic N) is 7. The highest BCUT2D eigenvalue weighted by Gasteiger charge is 2.27. The van der Waals surface area contributed by atoms with Gasteiger partial charge in [-0.3, -0.25) is 4.68 Å². The summed E-state index contributed by atoms with van der Waals surface area (Å²) in [7, 11) is 4.12. The van der Waals surface area contributed by atoms with Crippen LogP contribution in [0.5, 0.6) is 0 Å². The van der Waals surface area contributed by atoms with E-state index in [0.29, 0.717) is 28.9 Å². The van der Waals surface area contributed by atoms with Crippen LogP contribution in [0.4, 0.5) is 0 Å². The van der Waals surface area contributed by atoms with Crippen LogP contribution < -0.4 is 0 Å². The second-order valence-electron chi connectivity index (χ2n) is 8.43. The van der Waals surface area contributed by atoms with E-state index in [4.69, 9.17) is 21.2 Å². The first-order valence-electron chi connectivity index (χ1n) is 10.3. The molecule has 0 spiro atoms. The predicted molar refractivity (Wildman–Crippen MR) is 119 cm³/mol. The Bertz CT molecular complexity index is 1250. The first-order valence-corrected chi connectivity index (χ1v) is 10.7. The Balaban J connectivity index is 1.65. The van der Waals surface area contributed by atoms with Gasteiger partial charge in [0, 0.05) is 41.2 Å². The Kier molecular flexibility index (Phi) is 4.91. The lowest BCUT2D eigenvalue weighted by atomic mass is 10.0. The SMILES string of the molecule is CC(C)c1noc(-c2ncn3c2Cc2cn(CCN(C)C)nc2-c2cc(Cl)ccc2-3)n1. The van der Waals surface area contributed by atoms with Crippen LogP contribution in [0, 0.1) is 0 Å². The molecular formula is C22H24ClN7O. The minimum absolute atomic E-state index is 0.183. The summed E-state index contributed by atoms with van der Waals surface area (Å²) >= 11 is 6.37. The fraction of sp³-hybridized carbons (Fsp3) is 0.364. The van der Waals surface area contributed by atoms with Crippen LogP contribution >= 0.6 is 11.6 Å². The molecular weight excluding hydrogens is 414 g/mol. The molecule has 3 aromatic heterocycles. The van der Waals surface area contributed by atoms with Gasteiger partial charge in [0.25, 0.3) is 5.89 Å². The van der Waals surface area contributed by atoms with E-state index in [9.17, 15) is 0 Å². The smallest absolute Gasteiger partial charge is 0.278 e. The molecule has 5 rings (SSSR count). The average Bonchev–Trinajstić information content (AvgIpc) is 3.44. The van der Waals surface area contributed by atoms with Gasteiger partial charge in [-0.15, -0.1) is 0 Å². The molecule has 8 nitrogen and oxygen atoms in total.